The quantitative estimate of drug-likeness (QED) is 0.538. The number of benzene rings is 1. The first kappa shape index (κ1) is 18.9. The lowest BCUT2D eigenvalue weighted by Gasteiger charge is -2.11. The van der Waals surface area contributed by atoms with Gasteiger partial charge in [0.05, 0.1) is 9.48 Å². The number of nitrogens with zero attached hydrogens (tertiary/aromatic N) is 2. The molecule has 0 spiro atoms. The second-order valence-corrected chi connectivity index (χ2v) is 7.47. The number of nitrogens with one attached hydrogen (secondary N) is 2. The molecule has 0 aliphatic rings. The first-order chi connectivity index (χ1) is 11.6. The molecular formula is C17H22BrFN4S. The third kappa shape index (κ3) is 6.20. The molecule has 0 saturated heterocycles. The van der Waals surface area contributed by atoms with Crippen molar-refractivity contribution in [1.29, 1.82) is 0 Å². The van der Waals surface area contributed by atoms with E-state index in [1.54, 1.807) is 17.4 Å². The lowest BCUT2D eigenvalue weighted by atomic mass is 10.1. The molecule has 2 aromatic rings. The molecule has 0 fully saturated rings. The summed E-state index contributed by atoms with van der Waals surface area (Å²) < 4.78 is 13.7. The van der Waals surface area contributed by atoms with Gasteiger partial charge in [0.15, 0.2) is 5.96 Å². The summed E-state index contributed by atoms with van der Waals surface area (Å²) >= 11 is 4.93. The SMILES string of the molecule is CCNC(=NCCc1ncc(C)s1)NCCc1ccc(F)c(Br)c1. The number of hydrogen-bond acceptors (Lipinski definition) is 3. The van der Waals surface area contributed by atoms with Crippen LogP contribution < -0.4 is 10.6 Å². The molecule has 0 amide bonds. The van der Waals surface area contributed by atoms with Gasteiger partial charge in [-0.1, -0.05) is 6.07 Å². The summed E-state index contributed by atoms with van der Waals surface area (Å²) in [6.45, 7) is 6.34. The smallest absolute Gasteiger partial charge is 0.191 e. The van der Waals surface area contributed by atoms with Crippen LogP contribution in [-0.4, -0.2) is 30.6 Å². The van der Waals surface area contributed by atoms with E-state index in [0.717, 1.165) is 42.5 Å². The highest BCUT2D eigenvalue weighted by Crippen LogP contribution is 2.16. The minimum Gasteiger partial charge on any atom is -0.357 e. The third-order valence-electron chi connectivity index (χ3n) is 3.30. The fourth-order valence-electron chi connectivity index (χ4n) is 2.14. The third-order valence-corrected chi connectivity index (χ3v) is 4.88. The first-order valence-corrected chi connectivity index (χ1v) is 9.57. The lowest BCUT2D eigenvalue weighted by molar-refractivity contribution is 0.620. The lowest BCUT2D eigenvalue weighted by Crippen LogP contribution is -2.38. The maximum Gasteiger partial charge on any atom is 0.191 e. The average molecular weight is 413 g/mol. The summed E-state index contributed by atoms with van der Waals surface area (Å²) in [6, 6.07) is 5.09. The van der Waals surface area contributed by atoms with Crippen molar-refractivity contribution in [1.82, 2.24) is 15.6 Å². The summed E-state index contributed by atoms with van der Waals surface area (Å²) in [5.41, 5.74) is 1.07. The summed E-state index contributed by atoms with van der Waals surface area (Å²) in [7, 11) is 0. The second kappa shape index (κ2) is 9.74. The molecule has 1 aromatic heterocycles. The van der Waals surface area contributed by atoms with Gasteiger partial charge in [0, 0.05) is 37.1 Å². The number of aliphatic imine (C=N–C) groups is 1. The van der Waals surface area contributed by atoms with E-state index < -0.39 is 0 Å². The van der Waals surface area contributed by atoms with Crippen molar-refractivity contribution in [3.05, 3.63) is 50.1 Å². The fourth-order valence-corrected chi connectivity index (χ4v) is 3.34. The predicted molar refractivity (Wildman–Crippen MR) is 102 cm³/mol. The van der Waals surface area contributed by atoms with Gasteiger partial charge in [0.1, 0.15) is 5.82 Å². The highest BCUT2D eigenvalue weighted by atomic mass is 79.9. The summed E-state index contributed by atoms with van der Waals surface area (Å²) in [4.78, 5) is 10.1. The Labute approximate surface area is 154 Å². The van der Waals surface area contributed by atoms with E-state index >= 15 is 0 Å². The molecular weight excluding hydrogens is 391 g/mol. The summed E-state index contributed by atoms with van der Waals surface area (Å²) in [5.74, 6) is 0.561. The van der Waals surface area contributed by atoms with E-state index in [-0.39, 0.29) is 5.82 Å². The topological polar surface area (TPSA) is 49.3 Å². The van der Waals surface area contributed by atoms with Gasteiger partial charge in [-0.25, -0.2) is 9.37 Å². The maximum atomic E-state index is 13.2. The van der Waals surface area contributed by atoms with Crippen LogP contribution in [0.5, 0.6) is 0 Å². The largest absolute Gasteiger partial charge is 0.357 e. The minimum atomic E-state index is -0.237. The van der Waals surface area contributed by atoms with Crippen molar-refractivity contribution in [2.45, 2.75) is 26.7 Å². The van der Waals surface area contributed by atoms with Gasteiger partial charge in [-0.05, 0) is 53.9 Å². The van der Waals surface area contributed by atoms with E-state index in [4.69, 9.17) is 0 Å². The maximum absolute atomic E-state index is 13.2. The standard InChI is InChI=1S/C17H22BrFN4S/c1-3-20-17(22-9-7-16-23-11-12(2)24-16)21-8-6-13-4-5-15(19)14(18)10-13/h4-5,10-11H,3,6-9H2,1-2H3,(H2,20,21,22). The van der Waals surface area contributed by atoms with E-state index in [1.165, 1.54) is 10.9 Å². The van der Waals surface area contributed by atoms with Crippen LogP contribution in [0.3, 0.4) is 0 Å². The van der Waals surface area contributed by atoms with Crippen molar-refractivity contribution in [3.63, 3.8) is 0 Å². The number of thiazole rings is 1. The number of hydrogen-bond donors (Lipinski definition) is 2. The van der Waals surface area contributed by atoms with E-state index in [1.807, 2.05) is 19.2 Å². The zero-order chi connectivity index (χ0) is 17.4. The van der Waals surface area contributed by atoms with Crippen LogP contribution in [0.15, 0.2) is 33.9 Å². The van der Waals surface area contributed by atoms with Gasteiger partial charge in [-0.2, -0.15) is 0 Å². The molecule has 0 bridgehead atoms. The zero-order valence-electron chi connectivity index (χ0n) is 13.9. The molecule has 4 nitrogen and oxygen atoms in total. The Bertz CT molecular complexity index is 687. The van der Waals surface area contributed by atoms with Crippen molar-refractivity contribution in [3.8, 4) is 0 Å². The molecule has 2 rings (SSSR count). The Morgan fingerprint density at radius 3 is 2.83 bits per heavy atom. The van der Waals surface area contributed by atoms with Crippen LogP contribution in [-0.2, 0) is 12.8 Å². The number of rotatable bonds is 7. The van der Waals surface area contributed by atoms with Crippen LogP contribution in [0.4, 0.5) is 4.39 Å². The normalized spacial score (nSPS) is 11.6. The van der Waals surface area contributed by atoms with Crippen molar-refractivity contribution in [2.24, 2.45) is 4.99 Å². The van der Waals surface area contributed by atoms with Gasteiger partial charge in [-0.15, -0.1) is 11.3 Å². The van der Waals surface area contributed by atoms with Crippen molar-refractivity contribution >= 4 is 33.2 Å². The Morgan fingerprint density at radius 2 is 2.17 bits per heavy atom. The van der Waals surface area contributed by atoms with Crippen molar-refractivity contribution < 1.29 is 4.39 Å². The van der Waals surface area contributed by atoms with Gasteiger partial charge in [0.2, 0.25) is 0 Å². The van der Waals surface area contributed by atoms with E-state index in [2.05, 4.69) is 43.5 Å². The van der Waals surface area contributed by atoms with Gasteiger partial charge >= 0.3 is 0 Å². The Hall–Kier alpha value is -1.47. The molecule has 1 aromatic carbocycles. The van der Waals surface area contributed by atoms with Gasteiger partial charge < -0.3 is 10.6 Å². The van der Waals surface area contributed by atoms with Crippen LogP contribution >= 0.6 is 27.3 Å². The van der Waals surface area contributed by atoms with Crippen molar-refractivity contribution in [2.75, 3.05) is 19.6 Å². The predicted octanol–water partition coefficient (Wildman–Crippen LogP) is 3.69. The van der Waals surface area contributed by atoms with E-state index in [0.29, 0.717) is 11.0 Å². The molecule has 0 unspecified atom stereocenters. The Kier molecular flexibility index (Phi) is 7.65. The number of aromatic nitrogens is 1. The molecule has 0 aliphatic heterocycles. The van der Waals surface area contributed by atoms with Crippen LogP contribution in [0.2, 0.25) is 0 Å². The number of aryl methyl sites for hydroxylation is 1. The Balaban J connectivity index is 1.81. The molecule has 0 radical (unpaired) electrons. The second-order valence-electron chi connectivity index (χ2n) is 5.30. The minimum absolute atomic E-state index is 0.237. The zero-order valence-corrected chi connectivity index (χ0v) is 16.3. The van der Waals surface area contributed by atoms with Crippen LogP contribution in [0, 0.1) is 12.7 Å². The average Bonchev–Trinajstić information content (AvgIpc) is 2.96. The number of halogens is 2. The molecule has 130 valence electrons. The molecule has 7 heteroatoms. The van der Waals surface area contributed by atoms with E-state index in [9.17, 15) is 4.39 Å². The highest BCUT2D eigenvalue weighted by Gasteiger charge is 2.02. The van der Waals surface area contributed by atoms with Gasteiger partial charge in [0.25, 0.3) is 0 Å². The summed E-state index contributed by atoms with van der Waals surface area (Å²) in [6.07, 6.45) is 3.54. The molecule has 0 aliphatic carbocycles. The summed E-state index contributed by atoms with van der Waals surface area (Å²) in [5, 5.41) is 7.66. The fraction of sp³-hybridized carbons (Fsp3) is 0.412. The molecule has 2 N–H and O–H groups in total. The molecule has 0 saturated carbocycles. The number of guanidine groups is 1. The molecule has 1 heterocycles. The highest BCUT2D eigenvalue weighted by molar-refractivity contribution is 9.10. The van der Waals surface area contributed by atoms with Crippen LogP contribution in [0.1, 0.15) is 22.4 Å². The molecule has 0 atom stereocenters. The van der Waals surface area contributed by atoms with Gasteiger partial charge in [-0.3, -0.25) is 4.99 Å². The molecule has 24 heavy (non-hydrogen) atoms. The Morgan fingerprint density at radius 1 is 1.33 bits per heavy atom. The first-order valence-electron chi connectivity index (χ1n) is 7.96. The van der Waals surface area contributed by atoms with Crippen LogP contribution in [0.25, 0.3) is 0 Å². The monoisotopic (exact) mass is 412 g/mol.